The van der Waals surface area contributed by atoms with E-state index >= 15 is 0 Å². The molecule has 0 radical (unpaired) electrons. The zero-order chi connectivity index (χ0) is 24.8. The van der Waals surface area contributed by atoms with Gasteiger partial charge in [-0.05, 0) is 63.9 Å². The Bertz CT molecular complexity index is 1250. The molecule has 2 aromatic carbocycles. The highest BCUT2D eigenvalue weighted by Crippen LogP contribution is 2.39. The van der Waals surface area contributed by atoms with Gasteiger partial charge in [-0.25, -0.2) is 0 Å². The van der Waals surface area contributed by atoms with Crippen molar-refractivity contribution in [3.8, 4) is 17.2 Å². The van der Waals surface area contributed by atoms with Crippen LogP contribution in [-0.2, 0) is 16.1 Å². The zero-order valence-electron chi connectivity index (χ0n) is 20.4. The van der Waals surface area contributed by atoms with Gasteiger partial charge in [0.15, 0.2) is 16.3 Å². The maximum Gasteiger partial charge on any atom is 0.325 e. The topological polar surface area (TPSA) is 88.4 Å². The fourth-order valence-electron chi connectivity index (χ4n) is 3.61. The molecule has 0 bridgehead atoms. The maximum atomic E-state index is 13.3. The average Bonchev–Trinajstić information content (AvgIpc) is 3.13. The van der Waals surface area contributed by atoms with E-state index < -0.39 is 11.9 Å². The Labute approximate surface area is 202 Å². The number of nitrogens with zero attached hydrogens (tertiary/aromatic N) is 2. The van der Waals surface area contributed by atoms with E-state index in [9.17, 15) is 9.59 Å². The van der Waals surface area contributed by atoms with E-state index in [4.69, 9.17) is 18.9 Å². The number of hydrogen-bond donors (Lipinski definition) is 0. The number of ether oxygens (including phenoxy) is 4. The SMILES string of the molecule is CCOc1cc(C(=O)N=c2sc3c(C)cc(C)cc3n2CC(=O)OC)cc(OCC)c1OCC. The van der Waals surface area contributed by atoms with Gasteiger partial charge in [0.2, 0.25) is 5.75 Å². The van der Waals surface area contributed by atoms with Crippen molar-refractivity contribution in [2.45, 2.75) is 41.2 Å². The zero-order valence-corrected chi connectivity index (χ0v) is 21.2. The molecule has 1 amide bonds. The summed E-state index contributed by atoms with van der Waals surface area (Å²) >= 11 is 1.36. The molecule has 1 heterocycles. The highest BCUT2D eigenvalue weighted by atomic mass is 32.1. The molecule has 3 rings (SSSR count). The molecule has 3 aromatic rings. The van der Waals surface area contributed by atoms with Crippen LogP contribution in [0.1, 0.15) is 42.3 Å². The Kier molecular flexibility index (Phi) is 8.33. The molecule has 0 atom stereocenters. The van der Waals surface area contributed by atoms with Crippen LogP contribution in [0.15, 0.2) is 29.3 Å². The van der Waals surface area contributed by atoms with Gasteiger partial charge in [-0.3, -0.25) is 9.59 Å². The molecule has 182 valence electrons. The predicted octanol–water partition coefficient (Wildman–Crippen LogP) is 4.43. The summed E-state index contributed by atoms with van der Waals surface area (Å²) in [5.74, 6) is 0.380. The van der Waals surface area contributed by atoms with Crippen molar-refractivity contribution in [3.05, 3.63) is 45.8 Å². The van der Waals surface area contributed by atoms with Crippen LogP contribution in [-0.4, -0.2) is 43.4 Å². The van der Waals surface area contributed by atoms with E-state index in [1.807, 2.05) is 40.7 Å². The highest BCUT2D eigenvalue weighted by Gasteiger charge is 2.19. The maximum absolute atomic E-state index is 13.3. The summed E-state index contributed by atoms with van der Waals surface area (Å²) in [5, 5.41) is 0. The van der Waals surface area contributed by atoms with E-state index in [0.717, 1.165) is 21.3 Å². The van der Waals surface area contributed by atoms with E-state index in [2.05, 4.69) is 11.1 Å². The first kappa shape index (κ1) is 25.3. The first-order chi connectivity index (χ1) is 16.3. The van der Waals surface area contributed by atoms with Crippen LogP contribution in [0.4, 0.5) is 0 Å². The molecule has 0 aliphatic carbocycles. The van der Waals surface area contributed by atoms with Gasteiger partial charge in [0, 0.05) is 5.56 Å². The Morgan fingerprint density at radius 3 is 2.12 bits per heavy atom. The van der Waals surface area contributed by atoms with Crippen LogP contribution in [0, 0.1) is 13.8 Å². The third-order valence-corrected chi connectivity index (χ3v) is 6.21. The van der Waals surface area contributed by atoms with Gasteiger partial charge in [0.1, 0.15) is 6.54 Å². The van der Waals surface area contributed by atoms with Crippen LogP contribution in [0.3, 0.4) is 0 Å². The third kappa shape index (κ3) is 5.41. The molecule has 9 heteroatoms. The molecule has 1 aromatic heterocycles. The number of rotatable bonds is 9. The second-order valence-electron chi connectivity index (χ2n) is 7.49. The van der Waals surface area contributed by atoms with E-state index in [1.54, 1.807) is 16.7 Å². The number of aromatic nitrogens is 1. The quantitative estimate of drug-likeness (QED) is 0.416. The fourth-order valence-corrected chi connectivity index (χ4v) is 4.69. The Hall–Kier alpha value is -3.33. The molecule has 0 saturated carbocycles. The normalized spacial score (nSPS) is 11.5. The monoisotopic (exact) mass is 486 g/mol. The van der Waals surface area contributed by atoms with E-state index in [0.29, 0.717) is 47.4 Å². The van der Waals surface area contributed by atoms with Crippen molar-refractivity contribution in [1.29, 1.82) is 0 Å². The second kappa shape index (κ2) is 11.2. The van der Waals surface area contributed by atoms with Crippen LogP contribution in [0.5, 0.6) is 17.2 Å². The van der Waals surface area contributed by atoms with Crippen molar-refractivity contribution in [1.82, 2.24) is 4.57 Å². The minimum Gasteiger partial charge on any atom is -0.490 e. The lowest BCUT2D eigenvalue weighted by Crippen LogP contribution is -2.22. The average molecular weight is 487 g/mol. The smallest absolute Gasteiger partial charge is 0.325 e. The van der Waals surface area contributed by atoms with Crippen molar-refractivity contribution in [2.24, 2.45) is 4.99 Å². The van der Waals surface area contributed by atoms with Crippen molar-refractivity contribution < 1.29 is 28.5 Å². The number of carbonyl (C=O) groups is 2. The Morgan fingerprint density at radius 2 is 1.56 bits per heavy atom. The number of benzene rings is 2. The Morgan fingerprint density at radius 1 is 0.941 bits per heavy atom. The van der Waals surface area contributed by atoms with Gasteiger partial charge in [-0.1, -0.05) is 17.4 Å². The third-order valence-electron chi connectivity index (χ3n) is 4.98. The number of aryl methyl sites for hydroxylation is 2. The summed E-state index contributed by atoms with van der Waals surface area (Å²) < 4.78 is 24.7. The summed E-state index contributed by atoms with van der Waals surface area (Å²) in [4.78, 5) is 30.2. The van der Waals surface area contributed by atoms with Gasteiger partial charge in [-0.15, -0.1) is 0 Å². The van der Waals surface area contributed by atoms with Crippen molar-refractivity contribution in [2.75, 3.05) is 26.9 Å². The predicted molar refractivity (Wildman–Crippen MR) is 131 cm³/mol. The first-order valence-electron chi connectivity index (χ1n) is 11.2. The number of fused-ring (bicyclic) bond motifs is 1. The summed E-state index contributed by atoms with van der Waals surface area (Å²) in [5.41, 5.74) is 3.22. The number of carbonyl (C=O) groups excluding carboxylic acids is 2. The number of methoxy groups -OCH3 is 1. The molecule has 0 N–H and O–H groups in total. The van der Waals surface area contributed by atoms with Gasteiger partial charge in [-0.2, -0.15) is 4.99 Å². The van der Waals surface area contributed by atoms with Crippen LogP contribution in [0.25, 0.3) is 10.2 Å². The van der Waals surface area contributed by atoms with E-state index in [-0.39, 0.29) is 6.54 Å². The minimum atomic E-state index is -0.482. The molecule has 0 saturated heterocycles. The molecule has 0 aliphatic rings. The molecular formula is C25H30N2O6S. The Balaban J connectivity index is 2.18. The molecule has 0 fully saturated rings. The molecule has 34 heavy (non-hydrogen) atoms. The largest absolute Gasteiger partial charge is 0.490 e. The molecule has 8 nitrogen and oxygen atoms in total. The number of hydrogen-bond acceptors (Lipinski definition) is 7. The van der Waals surface area contributed by atoms with E-state index in [1.165, 1.54) is 18.4 Å². The lowest BCUT2D eigenvalue weighted by atomic mass is 10.1. The molecule has 0 spiro atoms. The second-order valence-corrected chi connectivity index (χ2v) is 8.47. The lowest BCUT2D eigenvalue weighted by Gasteiger charge is -2.16. The number of thiazole rings is 1. The fraction of sp³-hybridized carbons (Fsp3) is 0.400. The van der Waals surface area contributed by atoms with Gasteiger partial charge in [0.05, 0.1) is 37.1 Å². The summed E-state index contributed by atoms with van der Waals surface area (Å²) in [6.07, 6.45) is 0. The highest BCUT2D eigenvalue weighted by molar-refractivity contribution is 7.16. The van der Waals surface area contributed by atoms with Crippen molar-refractivity contribution in [3.63, 3.8) is 0 Å². The summed E-state index contributed by atoms with van der Waals surface area (Å²) in [6, 6.07) is 7.25. The molecule has 0 aliphatic heterocycles. The summed E-state index contributed by atoms with van der Waals surface area (Å²) in [7, 11) is 1.33. The first-order valence-corrected chi connectivity index (χ1v) is 12.0. The van der Waals surface area contributed by atoms with Crippen LogP contribution >= 0.6 is 11.3 Å². The number of amides is 1. The minimum absolute atomic E-state index is 0.0524. The molecular weight excluding hydrogens is 456 g/mol. The van der Waals surface area contributed by atoms with Crippen LogP contribution < -0.4 is 19.0 Å². The standard InChI is InChI=1S/C25H30N2O6S/c1-7-31-19-12-17(13-20(32-8-2)22(19)33-9-3)24(29)26-25-27(14-21(28)30-6)18-11-15(4)10-16(5)23(18)34-25/h10-13H,7-9,14H2,1-6H3. The van der Waals surface area contributed by atoms with Gasteiger partial charge in [0.25, 0.3) is 5.91 Å². The summed E-state index contributed by atoms with van der Waals surface area (Å²) in [6.45, 7) is 10.7. The van der Waals surface area contributed by atoms with Gasteiger partial charge >= 0.3 is 5.97 Å². The number of esters is 1. The lowest BCUT2D eigenvalue weighted by molar-refractivity contribution is -0.141. The van der Waals surface area contributed by atoms with Crippen LogP contribution in [0.2, 0.25) is 0 Å². The van der Waals surface area contributed by atoms with Crippen molar-refractivity contribution >= 4 is 33.4 Å². The van der Waals surface area contributed by atoms with Gasteiger partial charge < -0.3 is 23.5 Å². The molecule has 0 unspecified atom stereocenters.